The van der Waals surface area contributed by atoms with Crippen molar-refractivity contribution < 1.29 is 4.79 Å². The van der Waals surface area contributed by atoms with Crippen LogP contribution in [0.1, 0.15) is 73.0 Å². The quantitative estimate of drug-likeness (QED) is 0.187. The van der Waals surface area contributed by atoms with Crippen LogP contribution in [0.25, 0.3) is 0 Å². The number of benzene rings is 1. The lowest BCUT2D eigenvalue weighted by Crippen LogP contribution is -2.44. The highest BCUT2D eigenvalue weighted by Crippen LogP contribution is 2.32. The molecule has 0 saturated carbocycles. The number of rotatable bonds is 10. The van der Waals surface area contributed by atoms with E-state index in [1.807, 2.05) is 18.2 Å². The molecule has 2 aromatic heterocycles. The average Bonchev–Trinajstić information content (AvgIpc) is 2.97. The Balaban J connectivity index is 1.35. The second kappa shape index (κ2) is 12.9. The van der Waals surface area contributed by atoms with Gasteiger partial charge in [-0.1, -0.05) is 13.0 Å². The largest absolute Gasteiger partial charge is 0.369 e. The van der Waals surface area contributed by atoms with Crippen LogP contribution in [0.3, 0.4) is 0 Å². The van der Waals surface area contributed by atoms with E-state index in [1.54, 1.807) is 6.20 Å². The molecule has 1 saturated heterocycles. The van der Waals surface area contributed by atoms with Gasteiger partial charge in [0, 0.05) is 62.3 Å². The van der Waals surface area contributed by atoms with E-state index in [2.05, 4.69) is 63.5 Å². The standard InChI is InChI=1S/C32H39N7O/c1-4-5-6-7-11-28(40)27-22-33-32(34-25-13-15-26(16-14-25)39-20-18-38(3)19-21-39)37-31(27)36-29-17-12-24-10-8-9-23(2)30(24)35-29/h1,12-17,22-23H,5-11,18-21H2,2-3H3,(H2,33,34,35,36,37). The van der Waals surface area contributed by atoms with Crippen LogP contribution in [-0.4, -0.2) is 58.9 Å². The van der Waals surface area contributed by atoms with Gasteiger partial charge in [-0.15, -0.1) is 12.3 Å². The minimum atomic E-state index is -0.00562. The topological polar surface area (TPSA) is 86.3 Å². The lowest BCUT2D eigenvalue weighted by atomic mass is 9.88. The lowest BCUT2D eigenvalue weighted by molar-refractivity contribution is 0.0979. The molecule has 1 atom stereocenters. The SMILES string of the molecule is C#CCCCCC(=O)c1cnc(Nc2ccc(N3CCN(C)CC3)cc2)nc1Nc1ccc2c(n1)C(C)CCC2. The number of nitrogens with one attached hydrogen (secondary N) is 2. The highest BCUT2D eigenvalue weighted by atomic mass is 16.1. The van der Waals surface area contributed by atoms with Crippen LogP contribution < -0.4 is 15.5 Å². The number of piperazine rings is 1. The summed E-state index contributed by atoms with van der Waals surface area (Å²) in [4.78, 5) is 32.1. The number of unbranched alkanes of at least 4 members (excludes halogenated alkanes) is 2. The molecular formula is C32H39N7O. The zero-order valence-electron chi connectivity index (χ0n) is 23.6. The second-order valence-corrected chi connectivity index (χ2v) is 10.9. The molecule has 0 spiro atoms. The summed E-state index contributed by atoms with van der Waals surface area (Å²) in [5, 5.41) is 6.65. The third kappa shape index (κ3) is 6.78. The second-order valence-electron chi connectivity index (χ2n) is 10.9. The maximum atomic E-state index is 13.2. The van der Waals surface area contributed by atoms with Crippen molar-refractivity contribution in [2.75, 3.05) is 48.8 Å². The molecule has 1 fully saturated rings. The van der Waals surface area contributed by atoms with Crippen molar-refractivity contribution in [3.8, 4) is 12.3 Å². The van der Waals surface area contributed by atoms with E-state index in [9.17, 15) is 4.79 Å². The van der Waals surface area contributed by atoms with Crippen LogP contribution in [0.2, 0.25) is 0 Å². The van der Waals surface area contributed by atoms with Gasteiger partial charge in [0.25, 0.3) is 0 Å². The van der Waals surface area contributed by atoms with Crippen molar-refractivity contribution in [2.45, 2.75) is 57.8 Å². The normalized spacial score (nSPS) is 17.1. The maximum Gasteiger partial charge on any atom is 0.229 e. The van der Waals surface area contributed by atoms with Gasteiger partial charge in [0.1, 0.15) is 11.6 Å². The molecule has 0 amide bonds. The summed E-state index contributed by atoms with van der Waals surface area (Å²) < 4.78 is 0. The van der Waals surface area contributed by atoms with Gasteiger partial charge in [0.15, 0.2) is 5.78 Å². The first-order valence-corrected chi connectivity index (χ1v) is 14.4. The third-order valence-corrected chi connectivity index (χ3v) is 7.86. The van der Waals surface area contributed by atoms with Gasteiger partial charge in [0.05, 0.1) is 5.56 Å². The first-order valence-electron chi connectivity index (χ1n) is 14.4. The van der Waals surface area contributed by atoms with E-state index in [4.69, 9.17) is 16.4 Å². The fourth-order valence-electron chi connectivity index (χ4n) is 5.41. The van der Waals surface area contributed by atoms with E-state index in [1.165, 1.54) is 17.7 Å². The van der Waals surface area contributed by atoms with Crippen LogP contribution in [-0.2, 0) is 6.42 Å². The minimum Gasteiger partial charge on any atom is -0.369 e. The molecule has 3 aromatic rings. The van der Waals surface area contributed by atoms with Gasteiger partial charge in [0.2, 0.25) is 5.95 Å². The number of Topliss-reactive ketones (excluding diaryl/α,β-unsaturated/α-hetero) is 1. The summed E-state index contributed by atoms with van der Waals surface area (Å²) in [5.41, 5.74) is 4.99. The molecule has 1 aliphatic heterocycles. The van der Waals surface area contributed by atoms with Crippen molar-refractivity contribution >= 4 is 34.7 Å². The summed E-state index contributed by atoms with van der Waals surface area (Å²) >= 11 is 0. The van der Waals surface area contributed by atoms with Crippen molar-refractivity contribution in [3.05, 3.63) is 59.4 Å². The summed E-state index contributed by atoms with van der Waals surface area (Å²) in [5.74, 6) is 4.62. The molecule has 2 aliphatic rings. The molecule has 8 nitrogen and oxygen atoms in total. The number of anilines is 5. The summed E-state index contributed by atoms with van der Waals surface area (Å²) in [6.45, 7) is 6.40. The molecule has 3 heterocycles. The number of hydrogen-bond donors (Lipinski definition) is 2. The monoisotopic (exact) mass is 537 g/mol. The van der Waals surface area contributed by atoms with Crippen molar-refractivity contribution in [2.24, 2.45) is 0 Å². The fraction of sp³-hybridized carbons (Fsp3) is 0.438. The van der Waals surface area contributed by atoms with Crippen LogP contribution in [0.4, 0.5) is 29.0 Å². The van der Waals surface area contributed by atoms with Crippen molar-refractivity contribution in [1.82, 2.24) is 19.9 Å². The molecule has 8 heteroatoms. The molecule has 1 aromatic carbocycles. The molecule has 0 bridgehead atoms. The van der Waals surface area contributed by atoms with Gasteiger partial charge in [-0.05, 0) is 81.0 Å². The highest BCUT2D eigenvalue weighted by molar-refractivity contribution is 6.00. The molecular weight excluding hydrogens is 498 g/mol. The Morgan fingerprint density at radius 3 is 2.62 bits per heavy atom. The summed E-state index contributed by atoms with van der Waals surface area (Å²) in [6, 6.07) is 12.5. The number of pyridine rings is 1. The molecule has 208 valence electrons. The Hall–Kier alpha value is -3.96. The molecule has 2 N–H and O–H groups in total. The first kappa shape index (κ1) is 27.6. The minimum absolute atomic E-state index is 0.00562. The van der Waals surface area contributed by atoms with E-state index >= 15 is 0 Å². The van der Waals surface area contributed by atoms with E-state index in [0.717, 1.165) is 63.2 Å². The Kier molecular flexibility index (Phi) is 8.92. The smallest absolute Gasteiger partial charge is 0.229 e. The lowest BCUT2D eigenvalue weighted by Gasteiger charge is -2.34. The number of fused-ring (bicyclic) bond motifs is 1. The number of ketones is 1. The van der Waals surface area contributed by atoms with E-state index < -0.39 is 0 Å². The summed E-state index contributed by atoms with van der Waals surface area (Å²) in [7, 11) is 2.16. The number of likely N-dealkylation sites (N-methyl/N-ethyl adjacent to an activating group) is 1. The third-order valence-electron chi connectivity index (χ3n) is 7.86. The fourth-order valence-corrected chi connectivity index (χ4v) is 5.41. The number of aryl methyl sites for hydroxylation is 1. The molecule has 1 unspecified atom stereocenters. The Morgan fingerprint density at radius 2 is 1.85 bits per heavy atom. The molecule has 5 rings (SSSR count). The first-order chi connectivity index (χ1) is 19.5. The molecule has 40 heavy (non-hydrogen) atoms. The van der Waals surface area contributed by atoms with E-state index in [0.29, 0.717) is 41.9 Å². The van der Waals surface area contributed by atoms with Gasteiger partial charge in [-0.2, -0.15) is 4.98 Å². The zero-order chi connectivity index (χ0) is 27.9. The predicted octanol–water partition coefficient (Wildman–Crippen LogP) is 5.93. The van der Waals surface area contributed by atoms with Crippen LogP contribution in [0.5, 0.6) is 0 Å². The number of aromatic nitrogens is 3. The highest BCUT2D eigenvalue weighted by Gasteiger charge is 2.20. The van der Waals surface area contributed by atoms with Crippen LogP contribution >= 0.6 is 0 Å². The molecule has 0 radical (unpaired) electrons. The number of carbonyl (C=O) groups excluding carboxylic acids is 1. The predicted molar refractivity (Wildman–Crippen MR) is 162 cm³/mol. The number of nitrogens with zero attached hydrogens (tertiary/aromatic N) is 5. The molecule has 1 aliphatic carbocycles. The van der Waals surface area contributed by atoms with Crippen LogP contribution in [0.15, 0.2) is 42.6 Å². The number of carbonyl (C=O) groups is 1. The Morgan fingerprint density at radius 1 is 1.05 bits per heavy atom. The van der Waals surface area contributed by atoms with E-state index in [-0.39, 0.29) is 5.78 Å². The van der Waals surface area contributed by atoms with Crippen molar-refractivity contribution in [3.63, 3.8) is 0 Å². The Labute approximate surface area is 237 Å². The van der Waals surface area contributed by atoms with Gasteiger partial charge >= 0.3 is 0 Å². The van der Waals surface area contributed by atoms with Gasteiger partial charge in [-0.3, -0.25) is 4.79 Å². The summed E-state index contributed by atoms with van der Waals surface area (Å²) in [6.07, 6.45) is 13.0. The zero-order valence-corrected chi connectivity index (χ0v) is 23.6. The van der Waals surface area contributed by atoms with Gasteiger partial charge in [-0.25, -0.2) is 9.97 Å². The van der Waals surface area contributed by atoms with Crippen LogP contribution in [0, 0.1) is 12.3 Å². The van der Waals surface area contributed by atoms with Gasteiger partial charge < -0.3 is 20.4 Å². The van der Waals surface area contributed by atoms with Crippen molar-refractivity contribution in [1.29, 1.82) is 0 Å². The average molecular weight is 538 g/mol. The number of terminal acetylenes is 1. The Bertz CT molecular complexity index is 1360. The maximum absolute atomic E-state index is 13.2. The number of hydrogen-bond acceptors (Lipinski definition) is 8.